The summed E-state index contributed by atoms with van der Waals surface area (Å²) >= 11 is 12.2. The normalized spacial score (nSPS) is 19.7. The lowest BCUT2D eigenvalue weighted by Crippen LogP contribution is -2.47. The highest BCUT2D eigenvalue weighted by Crippen LogP contribution is 2.30. The lowest BCUT2D eigenvalue weighted by atomic mass is 10.0. The molecule has 8 nitrogen and oxygen atoms in total. The number of nitrogens with one attached hydrogen (secondary N) is 1. The van der Waals surface area contributed by atoms with Crippen LogP contribution in [0, 0.1) is 5.92 Å². The monoisotopic (exact) mass is 557 g/mol. The van der Waals surface area contributed by atoms with E-state index in [0.717, 1.165) is 11.8 Å². The van der Waals surface area contributed by atoms with Crippen molar-refractivity contribution in [3.63, 3.8) is 0 Å². The quantitative estimate of drug-likeness (QED) is 0.514. The van der Waals surface area contributed by atoms with Crippen molar-refractivity contribution in [1.29, 1.82) is 0 Å². The molecule has 0 radical (unpaired) electrons. The van der Waals surface area contributed by atoms with Crippen LogP contribution in [0.4, 0.5) is 5.69 Å². The van der Waals surface area contributed by atoms with Crippen LogP contribution >= 0.6 is 23.2 Å². The molecule has 3 atom stereocenters. The maximum absolute atomic E-state index is 13.2. The molecule has 198 valence electrons. The number of carbonyl (C=O) groups excluding carboxylic acids is 1. The van der Waals surface area contributed by atoms with Crippen LogP contribution in [-0.2, 0) is 27.8 Å². The lowest BCUT2D eigenvalue weighted by Gasteiger charge is -2.34. The van der Waals surface area contributed by atoms with Crippen LogP contribution in [0.25, 0.3) is 0 Å². The topological polar surface area (TPSA) is 99.2 Å². The van der Waals surface area contributed by atoms with E-state index in [-0.39, 0.29) is 37.0 Å². The van der Waals surface area contributed by atoms with Crippen molar-refractivity contribution in [3.05, 3.63) is 57.6 Å². The van der Waals surface area contributed by atoms with Gasteiger partial charge in [0, 0.05) is 36.8 Å². The van der Waals surface area contributed by atoms with E-state index in [1.54, 1.807) is 36.1 Å². The highest BCUT2D eigenvalue weighted by molar-refractivity contribution is 7.92. The van der Waals surface area contributed by atoms with Gasteiger partial charge in [0.1, 0.15) is 11.9 Å². The van der Waals surface area contributed by atoms with Gasteiger partial charge < -0.3 is 14.7 Å². The lowest BCUT2D eigenvalue weighted by molar-refractivity contribution is -0.134. The van der Waals surface area contributed by atoms with E-state index in [2.05, 4.69) is 9.62 Å². The summed E-state index contributed by atoms with van der Waals surface area (Å²) in [7, 11) is -1.51. The fourth-order valence-corrected chi connectivity index (χ4v) is 5.12. The molecule has 2 aromatic rings. The Kier molecular flexibility index (Phi) is 9.51. The summed E-state index contributed by atoms with van der Waals surface area (Å²) in [5, 5.41) is 10.8. The fraction of sp³-hybridized carbons (Fsp3) is 0.480. The number of carbonyl (C=O) groups is 1. The van der Waals surface area contributed by atoms with Crippen molar-refractivity contribution >= 4 is 44.8 Å². The fourth-order valence-electron chi connectivity index (χ4n) is 4.25. The number of anilines is 1. The molecule has 1 heterocycles. The summed E-state index contributed by atoms with van der Waals surface area (Å²) in [5.74, 6) is 0.314. The van der Waals surface area contributed by atoms with Crippen molar-refractivity contribution < 1.29 is 23.1 Å². The van der Waals surface area contributed by atoms with Gasteiger partial charge in [-0.15, -0.1) is 0 Å². The number of halogens is 2. The second-order valence-corrected chi connectivity index (χ2v) is 12.1. The van der Waals surface area contributed by atoms with Crippen molar-refractivity contribution in [3.8, 4) is 5.75 Å². The Labute approximate surface area is 223 Å². The number of amides is 1. The Hall–Kier alpha value is -2.04. The number of aliphatic hydroxyl groups excluding tert-OH is 1. The molecule has 0 bridgehead atoms. The summed E-state index contributed by atoms with van der Waals surface area (Å²) < 4.78 is 32.4. The Morgan fingerprint density at radius 1 is 1.22 bits per heavy atom. The van der Waals surface area contributed by atoms with Crippen molar-refractivity contribution in [1.82, 2.24) is 9.80 Å². The van der Waals surface area contributed by atoms with Gasteiger partial charge in [-0.25, -0.2) is 8.42 Å². The molecule has 0 aliphatic carbocycles. The largest absolute Gasteiger partial charge is 0.488 e. The standard InChI is InChI=1S/C25H33Cl2N3O5S/c1-16-12-30(17(2)15-31)25(32)11-19-10-20(28-36(4,33)34)6-8-23(19)35-24(16)14-29(3)13-18-5-7-21(26)22(27)9-18/h5-10,16-17,24,28,31H,11-15H2,1-4H3/t16-,17-,24+/m1/s1. The number of ether oxygens (including phenoxy) is 1. The van der Waals surface area contributed by atoms with E-state index in [1.165, 1.54) is 0 Å². The summed E-state index contributed by atoms with van der Waals surface area (Å²) in [6, 6.07) is 10.1. The third-order valence-corrected chi connectivity index (χ3v) is 7.49. The maximum atomic E-state index is 13.2. The zero-order valence-corrected chi connectivity index (χ0v) is 23.2. The highest BCUT2D eigenvalue weighted by atomic mass is 35.5. The van der Waals surface area contributed by atoms with Gasteiger partial charge in [0.2, 0.25) is 15.9 Å². The van der Waals surface area contributed by atoms with Gasteiger partial charge in [-0.05, 0) is 49.9 Å². The minimum absolute atomic E-state index is 0.0253. The van der Waals surface area contributed by atoms with E-state index in [9.17, 15) is 18.3 Å². The van der Waals surface area contributed by atoms with Crippen LogP contribution in [0.5, 0.6) is 5.75 Å². The molecule has 0 spiro atoms. The molecule has 1 aliphatic heterocycles. The zero-order chi connectivity index (χ0) is 26.6. The third-order valence-electron chi connectivity index (χ3n) is 6.15. The Balaban J connectivity index is 1.91. The first-order valence-corrected chi connectivity index (χ1v) is 14.3. The zero-order valence-electron chi connectivity index (χ0n) is 20.9. The van der Waals surface area contributed by atoms with Crippen molar-refractivity contribution in [2.75, 3.05) is 37.7 Å². The molecular weight excluding hydrogens is 525 g/mol. The number of nitrogens with zero attached hydrogens (tertiary/aromatic N) is 2. The van der Waals surface area contributed by atoms with Gasteiger partial charge >= 0.3 is 0 Å². The summed E-state index contributed by atoms with van der Waals surface area (Å²) in [5.41, 5.74) is 1.94. The van der Waals surface area contributed by atoms with Crippen LogP contribution in [0.3, 0.4) is 0 Å². The van der Waals surface area contributed by atoms with Crippen LogP contribution in [0.2, 0.25) is 10.0 Å². The molecule has 2 aromatic carbocycles. The van der Waals surface area contributed by atoms with Gasteiger partial charge in [-0.1, -0.05) is 36.2 Å². The molecule has 1 aliphatic rings. The average Bonchev–Trinajstić information content (AvgIpc) is 2.83. The smallest absolute Gasteiger partial charge is 0.229 e. The first-order valence-electron chi connectivity index (χ1n) is 11.7. The predicted octanol–water partition coefficient (Wildman–Crippen LogP) is 3.65. The number of aliphatic hydroxyl groups is 1. The van der Waals surface area contributed by atoms with E-state index in [4.69, 9.17) is 27.9 Å². The molecule has 2 N–H and O–H groups in total. The Morgan fingerprint density at radius 3 is 2.58 bits per heavy atom. The predicted molar refractivity (Wildman–Crippen MR) is 143 cm³/mol. The first-order chi connectivity index (χ1) is 16.9. The number of rotatable bonds is 8. The minimum atomic E-state index is -3.48. The maximum Gasteiger partial charge on any atom is 0.229 e. The molecular formula is C25H33Cl2N3O5S. The molecule has 36 heavy (non-hydrogen) atoms. The number of hydrogen-bond acceptors (Lipinski definition) is 6. The van der Waals surface area contributed by atoms with Crippen LogP contribution in [0.15, 0.2) is 36.4 Å². The molecule has 11 heteroatoms. The van der Waals surface area contributed by atoms with E-state index in [0.29, 0.717) is 46.7 Å². The first kappa shape index (κ1) is 28.5. The summed E-state index contributed by atoms with van der Waals surface area (Å²) in [6.45, 7) is 5.24. The van der Waals surface area contributed by atoms with E-state index >= 15 is 0 Å². The van der Waals surface area contributed by atoms with Gasteiger partial charge in [0.25, 0.3) is 0 Å². The van der Waals surface area contributed by atoms with Crippen LogP contribution in [0.1, 0.15) is 25.0 Å². The number of hydrogen-bond donors (Lipinski definition) is 2. The number of sulfonamides is 1. The number of benzene rings is 2. The molecule has 3 rings (SSSR count). The van der Waals surface area contributed by atoms with Crippen LogP contribution < -0.4 is 9.46 Å². The number of fused-ring (bicyclic) bond motifs is 1. The van der Waals surface area contributed by atoms with E-state index in [1.807, 2.05) is 26.1 Å². The third kappa shape index (κ3) is 7.73. The molecule has 0 fully saturated rings. The molecule has 0 unspecified atom stereocenters. The second kappa shape index (κ2) is 12.0. The van der Waals surface area contributed by atoms with Gasteiger partial charge in [0.05, 0.1) is 35.4 Å². The summed E-state index contributed by atoms with van der Waals surface area (Å²) in [6.07, 6.45) is 0.810. The molecule has 0 aromatic heterocycles. The van der Waals surface area contributed by atoms with Crippen molar-refractivity contribution in [2.45, 2.75) is 39.0 Å². The van der Waals surface area contributed by atoms with Gasteiger partial charge in [-0.2, -0.15) is 0 Å². The molecule has 0 saturated heterocycles. The Morgan fingerprint density at radius 2 is 1.94 bits per heavy atom. The van der Waals surface area contributed by atoms with Gasteiger partial charge in [-0.3, -0.25) is 14.4 Å². The SMILES string of the molecule is C[C@@H]1CN([C@H](C)CO)C(=O)Cc2cc(NS(C)(=O)=O)ccc2O[C@H]1CN(C)Cc1ccc(Cl)c(Cl)c1. The number of likely N-dealkylation sites (N-methyl/N-ethyl adjacent to an activating group) is 1. The minimum Gasteiger partial charge on any atom is -0.488 e. The average molecular weight is 559 g/mol. The van der Waals surface area contributed by atoms with Gasteiger partial charge in [0.15, 0.2) is 0 Å². The Bertz CT molecular complexity index is 1190. The van der Waals surface area contributed by atoms with Crippen molar-refractivity contribution in [2.24, 2.45) is 5.92 Å². The van der Waals surface area contributed by atoms with Crippen LogP contribution in [-0.4, -0.2) is 74.4 Å². The van der Waals surface area contributed by atoms with E-state index < -0.39 is 10.0 Å². The highest BCUT2D eigenvalue weighted by Gasteiger charge is 2.31. The molecule has 1 amide bonds. The second-order valence-electron chi connectivity index (χ2n) is 9.53. The molecule has 0 saturated carbocycles. The summed E-state index contributed by atoms with van der Waals surface area (Å²) in [4.78, 5) is 17.0.